The topological polar surface area (TPSA) is 73.4 Å². The van der Waals surface area contributed by atoms with E-state index < -0.39 is 11.2 Å². The van der Waals surface area contributed by atoms with Crippen molar-refractivity contribution in [3.8, 4) is 5.75 Å². The minimum atomic E-state index is -1.06. The Balaban J connectivity index is 2.27. The van der Waals surface area contributed by atoms with Gasteiger partial charge in [-0.3, -0.25) is 10.2 Å². The van der Waals surface area contributed by atoms with E-state index >= 15 is 0 Å². The molecule has 1 fully saturated rings. The van der Waals surface area contributed by atoms with Crippen molar-refractivity contribution < 1.29 is 14.1 Å². The van der Waals surface area contributed by atoms with Crippen LogP contribution in [0, 0.1) is 5.92 Å². The Bertz CT molecular complexity index is 587. The van der Waals surface area contributed by atoms with E-state index in [1.54, 1.807) is 19.4 Å². The molecule has 1 aliphatic rings. The second-order valence-corrected chi connectivity index (χ2v) is 7.02. The average molecular weight is 322 g/mol. The Hall–Kier alpha value is -1.50. The minimum absolute atomic E-state index is 0.0154. The van der Waals surface area contributed by atoms with Crippen LogP contribution in [0.4, 0.5) is 0 Å². The second kappa shape index (κ2) is 7.17. The summed E-state index contributed by atoms with van der Waals surface area (Å²) in [5, 5.41) is 0. The van der Waals surface area contributed by atoms with Gasteiger partial charge in [0.05, 0.1) is 13.2 Å². The van der Waals surface area contributed by atoms with E-state index in [-0.39, 0.29) is 17.9 Å². The summed E-state index contributed by atoms with van der Waals surface area (Å²) in [5.74, 6) is 0.918. The van der Waals surface area contributed by atoms with Crippen molar-refractivity contribution in [1.82, 2.24) is 10.9 Å². The van der Waals surface area contributed by atoms with E-state index in [0.717, 1.165) is 16.0 Å². The molecule has 120 valence electrons. The lowest BCUT2D eigenvalue weighted by molar-refractivity contribution is -0.125. The fraction of sp³-hybridized carbons (Fsp3) is 0.438. The number of hydrazine groups is 1. The zero-order valence-corrected chi connectivity index (χ0v) is 14.1. The summed E-state index contributed by atoms with van der Waals surface area (Å²) in [6.45, 7) is 4.07. The van der Waals surface area contributed by atoms with Gasteiger partial charge in [-0.2, -0.15) is 0 Å². The smallest absolute Gasteiger partial charge is 0.234 e. The van der Waals surface area contributed by atoms with Crippen LogP contribution < -0.4 is 15.6 Å². The van der Waals surface area contributed by atoms with Crippen LogP contribution in [0.1, 0.15) is 25.8 Å². The van der Waals surface area contributed by atoms with E-state index in [1.807, 2.05) is 32.1 Å². The minimum Gasteiger partial charge on any atom is -0.612 e. The van der Waals surface area contributed by atoms with E-state index in [4.69, 9.17) is 4.74 Å². The van der Waals surface area contributed by atoms with Gasteiger partial charge in [0.15, 0.2) is 4.90 Å². The molecular formula is C16H22N2O3S. The van der Waals surface area contributed by atoms with Crippen LogP contribution in [0.25, 0.3) is 6.08 Å². The number of amides is 1. The number of benzene rings is 1. The van der Waals surface area contributed by atoms with Crippen LogP contribution in [0.3, 0.4) is 0 Å². The molecule has 3 atom stereocenters. The summed E-state index contributed by atoms with van der Waals surface area (Å²) in [7, 11) is 1.60. The van der Waals surface area contributed by atoms with Crippen molar-refractivity contribution in [3.05, 3.63) is 29.3 Å². The molecule has 0 spiro atoms. The number of nitrogens with one attached hydrogen (secondary N) is 2. The van der Waals surface area contributed by atoms with Gasteiger partial charge in [0.25, 0.3) is 0 Å². The summed E-state index contributed by atoms with van der Waals surface area (Å²) in [4.78, 5) is 12.1. The third-order valence-corrected chi connectivity index (χ3v) is 4.70. The Morgan fingerprint density at radius 3 is 2.77 bits per heavy atom. The van der Waals surface area contributed by atoms with E-state index in [2.05, 4.69) is 10.9 Å². The lowest BCUT2D eigenvalue weighted by Crippen LogP contribution is -2.53. The molecule has 1 aromatic rings. The SMILES string of the molecule is COc1cc(/C=C(\C)C2NNC(=O)CC2C)cc([S+](C)[O-])c1. The Morgan fingerprint density at radius 1 is 1.45 bits per heavy atom. The van der Waals surface area contributed by atoms with Gasteiger partial charge in [-0.05, 0) is 35.6 Å². The lowest BCUT2D eigenvalue weighted by atomic mass is 9.90. The van der Waals surface area contributed by atoms with E-state index in [0.29, 0.717) is 12.2 Å². The monoisotopic (exact) mass is 322 g/mol. The van der Waals surface area contributed by atoms with Crippen LogP contribution in [0.15, 0.2) is 28.7 Å². The van der Waals surface area contributed by atoms with Crippen LogP contribution in [-0.4, -0.2) is 29.9 Å². The highest BCUT2D eigenvalue weighted by Gasteiger charge is 2.26. The molecule has 2 rings (SSSR count). The second-order valence-electron chi connectivity index (χ2n) is 5.64. The molecule has 22 heavy (non-hydrogen) atoms. The highest BCUT2D eigenvalue weighted by molar-refractivity contribution is 7.90. The fourth-order valence-corrected chi connectivity index (χ4v) is 3.22. The van der Waals surface area contributed by atoms with Crippen LogP contribution >= 0.6 is 0 Å². The number of carbonyl (C=O) groups excluding carboxylic acids is 1. The van der Waals surface area contributed by atoms with Gasteiger partial charge in [0, 0.05) is 18.6 Å². The number of rotatable bonds is 4. The first-order valence-electron chi connectivity index (χ1n) is 7.15. The summed E-state index contributed by atoms with van der Waals surface area (Å²) in [6.07, 6.45) is 4.19. The normalized spacial score (nSPS) is 23.9. The standard InChI is InChI=1S/C16H22N2O3S/c1-10(16-11(2)6-15(19)17-18-16)5-12-7-13(21-3)9-14(8-12)22(4)20/h5,7-9,11,16,18H,6H2,1-4H3,(H,17,19)/b10-5+. The van der Waals surface area contributed by atoms with Gasteiger partial charge in [0.1, 0.15) is 12.0 Å². The highest BCUT2D eigenvalue weighted by atomic mass is 32.2. The molecular weight excluding hydrogens is 300 g/mol. The van der Waals surface area contributed by atoms with E-state index in [9.17, 15) is 9.35 Å². The third kappa shape index (κ3) is 4.03. The first-order chi connectivity index (χ1) is 10.4. The van der Waals surface area contributed by atoms with Crippen molar-refractivity contribution >= 4 is 23.2 Å². The molecule has 5 nitrogen and oxygen atoms in total. The molecule has 3 unspecified atom stereocenters. The number of hydrogen-bond donors (Lipinski definition) is 2. The summed E-state index contributed by atoms with van der Waals surface area (Å²) >= 11 is -1.06. The largest absolute Gasteiger partial charge is 0.612 e. The molecule has 1 heterocycles. The van der Waals surface area contributed by atoms with E-state index in [1.165, 1.54) is 0 Å². The zero-order valence-electron chi connectivity index (χ0n) is 13.3. The first-order valence-corrected chi connectivity index (χ1v) is 8.71. The van der Waals surface area contributed by atoms with Crippen molar-refractivity contribution in [2.45, 2.75) is 31.2 Å². The van der Waals surface area contributed by atoms with Gasteiger partial charge in [-0.15, -0.1) is 0 Å². The molecule has 2 N–H and O–H groups in total. The number of methoxy groups -OCH3 is 1. The number of ether oxygens (including phenoxy) is 1. The van der Waals surface area contributed by atoms with Crippen LogP contribution in [0.2, 0.25) is 0 Å². The Labute approximate surface area is 134 Å². The maximum atomic E-state index is 11.7. The van der Waals surface area contributed by atoms with Crippen LogP contribution in [-0.2, 0) is 16.0 Å². The summed E-state index contributed by atoms with van der Waals surface area (Å²) in [5.41, 5.74) is 7.77. The molecule has 0 radical (unpaired) electrons. The highest BCUT2D eigenvalue weighted by Crippen LogP contribution is 2.25. The van der Waals surface area contributed by atoms with Crippen molar-refractivity contribution in [1.29, 1.82) is 0 Å². The molecule has 1 aliphatic heterocycles. The third-order valence-electron chi connectivity index (χ3n) is 3.80. The van der Waals surface area contributed by atoms with Gasteiger partial charge in [-0.25, -0.2) is 5.43 Å². The van der Waals surface area contributed by atoms with Crippen molar-refractivity contribution in [2.75, 3.05) is 13.4 Å². The van der Waals surface area contributed by atoms with Gasteiger partial charge in [-0.1, -0.05) is 18.6 Å². The molecule has 0 saturated carbocycles. The molecule has 1 aromatic carbocycles. The Morgan fingerprint density at radius 2 is 2.18 bits per heavy atom. The first kappa shape index (κ1) is 16.9. The van der Waals surface area contributed by atoms with Crippen molar-refractivity contribution in [2.24, 2.45) is 5.92 Å². The molecule has 0 aromatic heterocycles. The predicted octanol–water partition coefficient (Wildman–Crippen LogP) is 1.87. The van der Waals surface area contributed by atoms with Crippen molar-refractivity contribution in [3.63, 3.8) is 0 Å². The average Bonchev–Trinajstić information content (AvgIpc) is 2.46. The Kier molecular flexibility index (Phi) is 5.50. The maximum Gasteiger partial charge on any atom is 0.234 e. The fourth-order valence-electron chi connectivity index (χ4n) is 2.64. The molecule has 1 saturated heterocycles. The summed E-state index contributed by atoms with van der Waals surface area (Å²) in [6, 6.07) is 5.67. The van der Waals surface area contributed by atoms with Gasteiger partial charge >= 0.3 is 0 Å². The number of carbonyl (C=O) groups is 1. The summed E-state index contributed by atoms with van der Waals surface area (Å²) < 4.78 is 17.0. The molecule has 1 amide bonds. The number of hydrogen-bond acceptors (Lipinski definition) is 4. The molecule has 6 heteroatoms. The van der Waals surface area contributed by atoms with Gasteiger partial charge < -0.3 is 9.29 Å². The zero-order chi connectivity index (χ0) is 16.3. The maximum absolute atomic E-state index is 11.7. The predicted molar refractivity (Wildman–Crippen MR) is 87.8 cm³/mol. The van der Waals surface area contributed by atoms with Crippen LogP contribution in [0.5, 0.6) is 5.75 Å². The lowest BCUT2D eigenvalue weighted by Gasteiger charge is -2.30. The molecule has 0 aliphatic carbocycles. The molecule has 0 bridgehead atoms. The quantitative estimate of drug-likeness (QED) is 0.830. The van der Waals surface area contributed by atoms with Gasteiger partial charge in [0.2, 0.25) is 5.91 Å².